The van der Waals surface area contributed by atoms with Gasteiger partial charge in [-0.25, -0.2) is 4.79 Å². The van der Waals surface area contributed by atoms with Gasteiger partial charge in [-0.05, 0) is 32.4 Å². The summed E-state index contributed by atoms with van der Waals surface area (Å²) in [7, 11) is 0. The summed E-state index contributed by atoms with van der Waals surface area (Å²) in [6, 6.07) is 7.62. The smallest absolute Gasteiger partial charge is 0.331 e. The minimum atomic E-state index is -0.338. The molecule has 0 amide bonds. The standard InChI is InChI=1S/C15H20O3/c1-4-11-17-14-8-6-5-7-13(14)9-10-15(16)18-12(2)3/h5-10,12H,4,11H2,1-3H3. The van der Waals surface area contributed by atoms with Gasteiger partial charge in [0.15, 0.2) is 0 Å². The fourth-order valence-corrected chi connectivity index (χ4v) is 1.39. The Morgan fingerprint density at radius 3 is 2.72 bits per heavy atom. The number of rotatable bonds is 6. The summed E-state index contributed by atoms with van der Waals surface area (Å²) in [5, 5.41) is 0. The second-order valence-corrected chi connectivity index (χ2v) is 4.21. The summed E-state index contributed by atoms with van der Waals surface area (Å²) in [6.45, 7) is 6.37. The van der Waals surface area contributed by atoms with Crippen LogP contribution in [0.25, 0.3) is 6.08 Å². The normalized spacial score (nSPS) is 10.9. The summed E-state index contributed by atoms with van der Waals surface area (Å²) < 4.78 is 10.6. The zero-order valence-corrected chi connectivity index (χ0v) is 11.2. The number of hydrogen-bond donors (Lipinski definition) is 0. The van der Waals surface area contributed by atoms with Crippen LogP contribution in [0.3, 0.4) is 0 Å². The molecule has 0 aliphatic carbocycles. The van der Waals surface area contributed by atoms with E-state index in [-0.39, 0.29) is 12.1 Å². The van der Waals surface area contributed by atoms with E-state index >= 15 is 0 Å². The van der Waals surface area contributed by atoms with Gasteiger partial charge in [0, 0.05) is 11.6 Å². The van der Waals surface area contributed by atoms with Crippen molar-refractivity contribution < 1.29 is 14.3 Å². The molecular formula is C15H20O3. The number of hydrogen-bond acceptors (Lipinski definition) is 3. The molecule has 98 valence electrons. The number of para-hydroxylation sites is 1. The molecule has 0 heterocycles. The molecule has 18 heavy (non-hydrogen) atoms. The van der Waals surface area contributed by atoms with Crippen molar-refractivity contribution >= 4 is 12.0 Å². The number of esters is 1. The van der Waals surface area contributed by atoms with Gasteiger partial charge < -0.3 is 9.47 Å². The van der Waals surface area contributed by atoms with Gasteiger partial charge in [-0.3, -0.25) is 0 Å². The largest absolute Gasteiger partial charge is 0.493 e. The lowest BCUT2D eigenvalue weighted by Crippen LogP contribution is -2.08. The Hall–Kier alpha value is -1.77. The molecule has 0 spiro atoms. The summed E-state index contributed by atoms with van der Waals surface area (Å²) in [4.78, 5) is 11.4. The third-order valence-corrected chi connectivity index (χ3v) is 2.13. The first-order valence-electron chi connectivity index (χ1n) is 6.24. The zero-order chi connectivity index (χ0) is 13.4. The molecule has 0 saturated heterocycles. The van der Waals surface area contributed by atoms with Gasteiger partial charge in [-0.15, -0.1) is 0 Å². The van der Waals surface area contributed by atoms with E-state index in [2.05, 4.69) is 6.92 Å². The Labute approximate surface area is 108 Å². The van der Waals surface area contributed by atoms with E-state index in [1.54, 1.807) is 6.08 Å². The molecule has 0 aliphatic rings. The van der Waals surface area contributed by atoms with Gasteiger partial charge in [0.05, 0.1) is 12.7 Å². The second-order valence-electron chi connectivity index (χ2n) is 4.21. The number of carbonyl (C=O) groups excluding carboxylic acids is 1. The Morgan fingerprint density at radius 1 is 1.33 bits per heavy atom. The SMILES string of the molecule is CCCOc1ccccc1C=CC(=O)OC(C)C. The van der Waals surface area contributed by atoms with Crippen LogP contribution in [0.5, 0.6) is 5.75 Å². The third kappa shape index (κ3) is 5.04. The van der Waals surface area contributed by atoms with E-state index in [9.17, 15) is 4.79 Å². The summed E-state index contributed by atoms with van der Waals surface area (Å²) >= 11 is 0. The molecular weight excluding hydrogens is 228 g/mol. The van der Waals surface area contributed by atoms with E-state index < -0.39 is 0 Å². The molecule has 0 radical (unpaired) electrons. The van der Waals surface area contributed by atoms with Crippen LogP contribution in [0.2, 0.25) is 0 Å². The van der Waals surface area contributed by atoms with Gasteiger partial charge in [-0.1, -0.05) is 25.1 Å². The maximum atomic E-state index is 11.4. The van der Waals surface area contributed by atoms with Crippen molar-refractivity contribution in [1.29, 1.82) is 0 Å². The maximum absolute atomic E-state index is 11.4. The van der Waals surface area contributed by atoms with Gasteiger partial charge in [0.2, 0.25) is 0 Å². The molecule has 1 aromatic carbocycles. The third-order valence-electron chi connectivity index (χ3n) is 2.13. The number of ether oxygens (including phenoxy) is 2. The lowest BCUT2D eigenvalue weighted by atomic mass is 10.2. The molecule has 0 aliphatic heterocycles. The first kappa shape index (κ1) is 14.3. The zero-order valence-electron chi connectivity index (χ0n) is 11.2. The molecule has 3 heteroatoms. The molecule has 0 atom stereocenters. The maximum Gasteiger partial charge on any atom is 0.331 e. The molecule has 0 fully saturated rings. The van der Waals surface area contributed by atoms with Crippen molar-refractivity contribution in [3.63, 3.8) is 0 Å². The van der Waals surface area contributed by atoms with Crippen LogP contribution in [-0.2, 0) is 9.53 Å². The van der Waals surface area contributed by atoms with Crippen LogP contribution in [0.15, 0.2) is 30.3 Å². The minimum absolute atomic E-state index is 0.103. The molecule has 1 aromatic rings. The molecule has 3 nitrogen and oxygen atoms in total. The highest BCUT2D eigenvalue weighted by Crippen LogP contribution is 2.19. The predicted molar refractivity (Wildman–Crippen MR) is 72.5 cm³/mol. The van der Waals surface area contributed by atoms with Crippen molar-refractivity contribution in [2.45, 2.75) is 33.3 Å². The van der Waals surface area contributed by atoms with Gasteiger partial charge >= 0.3 is 5.97 Å². The molecule has 1 rings (SSSR count). The quantitative estimate of drug-likeness (QED) is 0.571. The van der Waals surface area contributed by atoms with Crippen LogP contribution in [-0.4, -0.2) is 18.7 Å². The average molecular weight is 248 g/mol. The highest BCUT2D eigenvalue weighted by Gasteiger charge is 2.02. The van der Waals surface area contributed by atoms with Crippen molar-refractivity contribution in [3.8, 4) is 5.75 Å². The lowest BCUT2D eigenvalue weighted by Gasteiger charge is -2.08. The van der Waals surface area contributed by atoms with Crippen LogP contribution in [0, 0.1) is 0 Å². The Bertz CT molecular complexity index is 408. The number of benzene rings is 1. The van der Waals surface area contributed by atoms with Crippen LogP contribution >= 0.6 is 0 Å². The Balaban J connectivity index is 2.71. The first-order valence-corrected chi connectivity index (χ1v) is 6.24. The van der Waals surface area contributed by atoms with E-state index in [1.807, 2.05) is 38.1 Å². The van der Waals surface area contributed by atoms with Crippen LogP contribution < -0.4 is 4.74 Å². The van der Waals surface area contributed by atoms with Crippen molar-refractivity contribution in [2.75, 3.05) is 6.61 Å². The van der Waals surface area contributed by atoms with E-state index in [0.29, 0.717) is 6.61 Å². The van der Waals surface area contributed by atoms with Crippen molar-refractivity contribution in [3.05, 3.63) is 35.9 Å². The summed E-state index contributed by atoms with van der Waals surface area (Å²) in [5.41, 5.74) is 0.881. The lowest BCUT2D eigenvalue weighted by molar-refractivity contribution is -0.141. The summed E-state index contributed by atoms with van der Waals surface area (Å²) in [6.07, 6.45) is 3.99. The van der Waals surface area contributed by atoms with Gasteiger partial charge in [-0.2, -0.15) is 0 Å². The van der Waals surface area contributed by atoms with E-state index in [1.165, 1.54) is 6.08 Å². The van der Waals surface area contributed by atoms with Gasteiger partial charge in [0.1, 0.15) is 5.75 Å². The molecule has 0 aromatic heterocycles. The minimum Gasteiger partial charge on any atom is -0.493 e. The number of carbonyl (C=O) groups is 1. The van der Waals surface area contributed by atoms with Gasteiger partial charge in [0.25, 0.3) is 0 Å². The fraction of sp³-hybridized carbons (Fsp3) is 0.400. The second kappa shape index (κ2) is 7.54. The van der Waals surface area contributed by atoms with E-state index in [4.69, 9.17) is 9.47 Å². The van der Waals surface area contributed by atoms with E-state index in [0.717, 1.165) is 17.7 Å². The Morgan fingerprint density at radius 2 is 2.06 bits per heavy atom. The Kier molecular flexibility index (Phi) is 5.98. The summed E-state index contributed by atoms with van der Waals surface area (Å²) in [5.74, 6) is 0.447. The molecule has 0 unspecified atom stereocenters. The van der Waals surface area contributed by atoms with Crippen molar-refractivity contribution in [2.24, 2.45) is 0 Å². The topological polar surface area (TPSA) is 35.5 Å². The fourth-order valence-electron chi connectivity index (χ4n) is 1.39. The molecule has 0 saturated carbocycles. The average Bonchev–Trinajstić information content (AvgIpc) is 2.34. The van der Waals surface area contributed by atoms with Crippen LogP contribution in [0.1, 0.15) is 32.8 Å². The first-order chi connectivity index (χ1) is 8.63. The monoisotopic (exact) mass is 248 g/mol. The highest BCUT2D eigenvalue weighted by atomic mass is 16.5. The molecule has 0 N–H and O–H groups in total. The van der Waals surface area contributed by atoms with Crippen LogP contribution in [0.4, 0.5) is 0 Å². The predicted octanol–water partition coefficient (Wildman–Crippen LogP) is 3.44. The van der Waals surface area contributed by atoms with Crippen molar-refractivity contribution in [1.82, 2.24) is 0 Å². The highest BCUT2D eigenvalue weighted by molar-refractivity contribution is 5.87. The molecule has 0 bridgehead atoms.